The van der Waals surface area contributed by atoms with Crippen molar-refractivity contribution in [1.29, 1.82) is 0 Å². The highest BCUT2D eigenvalue weighted by molar-refractivity contribution is 7.47. The minimum atomic E-state index is -5.00. The van der Waals surface area contributed by atoms with Gasteiger partial charge in [0.2, 0.25) is 0 Å². The second-order valence-corrected chi connectivity index (χ2v) is 30.6. The molecule has 0 bridgehead atoms. The summed E-state index contributed by atoms with van der Waals surface area (Å²) in [6.45, 7) is 4.57. The van der Waals surface area contributed by atoms with E-state index in [-0.39, 0.29) is 25.7 Å². The number of aliphatic hydroxyl groups is 1. The Hall–Kier alpha value is -5.06. The summed E-state index contributed by atoms with van der Waals surface area (Å²) in [6.07, 6.45) is 92.3. The number of hydrogen-bond donors (Lipinski definition) is 3. The van der Waals surface area contributed by atoms with Crippen molar-refractivity contribution in [1.82, 2.24) is 0 Å². The number of aliphatic hydroxyl groups excluding tert-OH is 1. The molecule has 0 saturated carbocycles. The van der Waals surface area contributed by atoms with E-state index in [1.165, 1.54) is 57.8 Å². The van der Waals surface area contributed by atoms with Crippen LogP contribution in [0.15, 0.2) is 146 Å². The number of hydrogen-bond acceptors (Lipinski definition) is 15. The van der Waals surface area contributed by atoms with Crippen molar-refractivity contribution in [2.45, 2.75) is 354 Å². The van der Waals surface area contributed by atoms with Crippen LogP contribution in [0.25, 0.3) is 0 Å². The maximum Gasteiger partial charge on any atom is 0.472 e. The van der Waals surface area contributed by atoms with E-state index in [0.29, 0.717) is 25.7 Å². The van der Waals surface area contributed by atoms with Crippen LogP contribution in [0, 0.1) is 0 Å². The molecule has 0 aliphatic heterocycles. The number of allylic oxidation sites excluding steroid dienone is 24. The lowest BCUT2D eigenvalue weighted by Gasteiger charge is -2.21. The summed E-state index contributed by atoms with van der Waals surface area (Å²) in [6, 6.07) is 0. The predicted octanol–water partition coefficient (Wildman–Crippen LogP) is 25.0. The SMILES string of the molecule is CC/C=C\C/C=C\C/C=C\C/C=C\C/C=C\CCCCCC(=O)OCC(COP(=O)(O)OCC(O)COP(=O)(O)OCC(COC(=O)CCCCCCCC/C=C\C/C=C\C/C=C\C/C=C\CC)OC(=O)CCCCCCC/C=C\CCCCCCCC)OC(=O)CCCCCCC/C=C\C/C=C\CCCCC. The number of carbonyl (C=O) groups excluding carboxylic acids is 4. The fourth-order valence-electron chi connectivity index (χ4n) is 10.9. The van der Waals surface area contributed by atoms with Crippen LogP contribution in [0.3, 0.4) is 0 Å². The Bertz CT molecular complexity index is 2610. The van der Waals surface area contributed by atoms with Crippen molar-refractivity contribution in [3.8, 4) is 0 Å². The zero-order valence-corrected chi connectivity index (χ0v) is 69.5. The molecule has 0 aliphatic rings. The molecule has 0 aliphatic carbocycles. The van der Waals surface area contributed by atoms with E-state index in [1.54, 1.807) is 0 Å². The van der Waals surface area contributed by atoms with Crippen molar-refractivity contribution in [3.05, 3.63) is 146 Å². The van der Waals surface area contributed by atoms with Gasteiger partial charge in [-0.1, -0.05) is 289 Å². The normalized spacial score (nSPS) is 14.5. The Labute approximate surface area is 656 Å². The molecule has 108 heavy (non-hydrogen) atoms. The van der Waals surface area contributed by atoms with Crippen LogP contribution < -0.4 is 0 Å². The van der Waals surface area contributed by atoms with Crippen LogP contribution in [-0.4, -0.2) is 96.7 Å². The van der Waals surface area contributed by atoms with Gasteiger partial charge in [0, 0.05) is 25.7 Å². The van der Waals surface area contributed by atoms with Gasteiger partial charge in [-0.05, 0) is 167 Å². The highest BCUT2D eigenvalue weighted by Gasteiger charge is 2.30. The summed E-state index contributed by atoms with van der Waals surface area (Å²) in [4.78, 5) is 73.2. The van der Waals surface area contributed by atoms with E-state index in [1.807, 2.05) is 0 Å². The Kier molecular flexibility index (Phi) is 76.3. The van der Waals surface area contributed by atoms with Gasteiger partial charge >= 0.3 is 39.5 Å². The fourth-order valence-corrected chi connectivity index (χ4v) is 12.5. The number of rotatable bonds is 78. The molecular formula is C89H150O17P2. The molecule has 0 fully saturated rings. The van der Waals surface area contributed by atoms with Gasteiger partial charge < -0.3 is 33.8 Å². The van der Waals surface area contributed by atoms with Crippen LogP contribution in [-0.2, 0) is 65.4 Å². The Morgan fingerprint density at radius 1 is 0.269 bits per heavy atom. The summed E-state index contributed by atoms with van der Waals surface area (Å²) in [7, 11) is -9.99. The molecule has 17 nitrogen and oxygen atoms in total. The largest absolute Gasteiger partial charge is 0.472 e. The topological polar surface area (TPSA) is 237 Å². The van der Waals surface area contributed by atoms with Gasteiger partial charge in [-0.3, -0.25) is 37.3 Å². The summed E-state index contributed by atoms with van der Waals surface area (Å²) >= 11 is 0. The van der Waals surface area contributed by atoms with E-state index >= 15 is 0 Å². The van der Waals surface area contributed by atoms with Crippen molar-refractivity contribution in [2.75, 3.05) is 39.6 Å². The second kappa shape index (κ2) is 80.0. The molecule has 3 N–H and O–H groups in total. The van der Waals surface area contributed by atoms with Crippen LogP contribution >= 0.6 is 15.6 Å². The molecule has 5 unspecified atom stereocenters. The standard InChI is InChI=1S/C89H150O17P2/c1-5-9-13-17-21-25-29-33-37-39-41-43-47-49-53-57-61-65-69-73-86(91)99-79-84(105-88(93)75-71-67-63-59-55-51-45-35-31-27-23-19-15-11-7-3)81-103-107(95,96)101-77-83(90)78-102-108(97,98)104-82-85(106-89(94)76-72-68-64-60-56-52-46-36-32-28-24-20-16-12-8-4)80-100-87(92)74-70-66-62-58-54-50-48-44-42-40-38-34-30-26-22-18-14-10-6-2/h9-10,13-14,21-23,25-27,33-38,41-46,49,53,83-85,90H,5-8,11-12,15-20,24,28-32,39-40,47-48,50-52,54-82H2,1-4H3,(H,95,96)(H,97,98)/b13-9-,14-10-,25-21-,26-22-,27-23-,37-33-,38-34-,43-41-,44-42-,45-35-,46-36-,53-49-. The van der Waals surface area contributed by atoms with Crippen molar-refractivity contribution in [2.24, 2.45) is 0 Å². The quantitative estimate of drug-likeness (QED) is 0.0169. The van der Waals surface area contributed by atoms with Gasteiger partial charge in [0.05, 0.1) is 26.4 Å². The third-order valence-electron chi connectivity index (χ3n) is 17.3. The van der Waals surface area contributed by atoms with E-state index in [2.05, 4.69) is 174 Å². The smallest absolute Gasteiger partial charge is 0.462 e. The third-order valence-corrected chi connectivity index (χ3v) is 19.2. The molecule has 618 valence electrons. The van der Waals surface area contributed by atoms with Gasteiger partial charge in [-0.25, -0.2) is 9.13 Å². The molecule has 19 heteroatoms. The zero-order valence-electron chi connectivity index (χ0n) is 67.7. The Morgan fingerprint density at radius 3 is 0.778 bits per heavy atom. The maximum absolute atomic E-state index is 13.1. The zero-order chi connectivity index (χ0) is 78.9. The first-order valence-corrected chi connectivity index (χ1v) is 45.1. The van der Waals surface area contributed by atoms with E-state index in [0.717, 1.165) is 199 Å². The molecule has 5 atom stereocenters. The molecule has 0 aromatic carbocycles. The lowest BCUT2D eigenvalue weighted by atomic mass is 10.1. The first kappa shape index (κ1) is 103. The molecule has 0 rings (SSSR count). The van der Waals surface area contributed by atoms with Gasteiger partial charge in [-0.2, -0.15) is 0 Å². The molecule has 0 amide bonds. The first-order valence-electron chi connectivity index (χ1n) is 42.1. The van der Waals surface area contributed by atoms with Crippen molar-refractivity contribution < 1.29 is 80.2 Å². The average molecular weight is 1550 g/mol. The highest BCUT2D eigenvalue weighted by atomic mass is 31.2. The summed E-state index contributed by atoms with van der Waals surface area (Å²) in [5.41, 5.74) is 0. The predicted molar refractivity (Wildman–Crippen MR) is 445 cm³/mol. The van der Waals surface area contributed by atoms with Crippen LogP contribution in [0.2, 0.25) is 0 Å². The van der Waals surface area contributed by atoms with Crippen molar-refractivity contribution in [3.63, 3.8) is 0 Å². The summed E-state index contributed by atoms with van der Waals surface area (Å²) in [5.74, 6) is -2.25. The summed E-state index contributed by atoms with van der Waals surface area (Å²) in [5, 5.41) is 10.7. The highest BCUT2D eigenvalue weighted by Crippen LogP contribution is 2.45. The molecular weight excluding hydrogens is 1400 g/mol. The second-order valence-electron chi connectivity index (χ2n) is 27.6. The number of phosphoric acid groups is 2. The van der Waals surface area contributed by atoms with Gasteiger partial charge in [0.1, 0.15) is 19.3 Å². The van der Waals surface area contributed by atoms with E-state index < -0.39 is 97.5 Å². The number of ether oxygens (including phenoxy) is 4. The van der Waals surface area contributed by atoms with Gasteiger partial charge in [0.25, 0.3) is 0 Å². The van der Waals surface area contributed by atoms with Gasteiger partial charge in [-0.15, -0.1) is 0 Å². The Balaban J connectivity index is 5.42. The monoisotopic (exact) mass is 1550 g/mol. The minimum Gasteiger partial charge on any atom is -0.462 e. The van der Waals surface area contributed by atoms with E-state index in [4.69, 9.17) is 37.0 Å². The molecule has 0 saturated heterocycles. The number of esters is 4. The lowest BCUT2D eigenvalue weighted by Crippen LogP contribution is -2.30. The van der Waals surface area contributed by atoms with Crippen LogP contribution in [0.5, 0.6) is 0 Å². The third kappa shape index (κ3) is 79.0. The number of unbranched alkanes of at least 4 members (excludes halogenated alkanes) is 28. The minimum absolute atomic E-state index is 0.0675. The number of phosphoric ester groups is 2. The molecule has 0 spiro atoms. The fraction of sp³-hybridized carbons (Fsp3) is 0.685. The molecule has 0 aromatic rings. The average Bonchev–Trinajstić information content (AvgIpc) is 0.923. The van der Waals surface area contributed by atoms with Crippen LogP contribution in [0.1, 0.15) is 336 Å². The molecule has 0 aromatic heterocycles. The molecule has 0 radical (unpaired) electrons. The van der Waals surface area contributed by atoms with Gasteiger partial charge in [0.15, 0.2) is 12.2 Å². The number of carbonyl (C=O) groups is 4. The summed E-state index contributed by atoms with van der Waals surface area (Å²) < 4.78 is 68.7. The lowest BCUT2D eigenvalue weighted by molar-refractivity contribution is -0.161. The van der Waals surface area contributed by atoms with Crippen molar-refractivity contribution >= 4 is 39.5 Å². The Morgan fingerprint density at radius 2 is 0.481 bits per heavy atom. The van der Waals surface area contributed by atoms with E-state index in [9.17, 15) is 43.2 Å². The first-order chi connectivity index (χ1) is 52.7. The maximum atomic E-state index is 13.1. The van der Waals surface area contributed by atoms with Crippen LogP contribution in [0.4, 0.5) is 0 Å². The molecule has 0 heterocycles.